The van der Waals surface area contributed by atoms with E-state index in [-0.39, 0.29) is 0 Å². The molecule has 0 aliphatic rings. The molecule has 0 aliphatic heterocycles. The molecule has 0 saturated carbocycles. The number of hydrogen-bond donors (Lipinski definition) is 1. The van der Waals surface area contributed by atoms with Gasteiger partial charge in [0.15, 0.2) is 11.4 Å². The van der Waals surface area contributed by atoms with E-state index in [0.717, 1.165) is 27.4 Å². The highest BCUT2D eigenvalue weighted by atomic mass is 32.2. The molecular weight excluding hydrogens is 288 g/mol. The molecule has 1 aromatic heterocycles. The second-order valence-corrected chi connectivity index (χ2v) is 5.04. The molecule has 21 heavy (non-hydrogen) atoms. The van der Waals surface area contributed by atoms with Crippen LogP contribution in [0.3, 0.4) is 0 Å². The van der Waals surface area contributed by atoms with Crippen molar-refractivity contribution in [1.82, 2.24) is 5.16 Å². The molecule has 0 amide bonds. The standard InChI is InChI=1S/C15H14N2O3S/c1-18-12-8-5-9-13(19-2)14(12)21-17-15-10-6-3-4-7-11(10)20-16-15/h3-9H,1-2H3,(H,16,17). The molecule has 5 nitrogen and oxygen atoms in total. The van der Waals surface area contributed by atoms with E-state index in [1.165, 1.54) is 11.9 Å². The molecule has 0 fully saturated rings. The van der Waals surface area contributed by atoms with Gasteiger partial charge in [0.1, 0.15) is 16.4 Å². The van der Waals surface area contributed by atoms with Crippen molar-refractivity contribution >= 4 is 28.7 Å². The van der Waals surface area contributed by atoms with Gasteiger partial charge in [-0.1, -0.05) is 23.4 Å². The summed E-state index contributed by atoms with van der Waals surface area (Å²) in [5.74, 6) is 2.14. The zero-order valence-electron chi connectivity index (χ0n) is 11.6. The van der Waals surface area contributed by atoms with Gasteiger partial charge in [0.25, 0.3) is 0 Å². The molecule has 1 N–H and O–H groups in total. The number of anilines is 1. The molecule has 3 rings (SSSR count). The van der Waals surface area contributed by atoms with E-state index in [9.17, 15) is 0 Å². The third kappa shape index (κ3) is 2.62. The number of methoxy groups -OCH3 is 2. The van der Waals surface area contributed by atoms with Gasteiger partial charge in [0.2, 0.25) is 0 Å². The Morgan fingerprint density at radius 2 is 1.71 bits per heavy atom. The van der Waals surface area contributed by atoms with E-state index < -0.39 is 0 Å². The molecule has 0 saturated heterocycles. The second-order valence-electron chi connectivity index (χ2n) is 4.22. The van der Waals surface area contributed by atoms with Crippen molar-refractivity contribution in [2.45, 2.75) is 4.90 Å². The number of aromatic nitrogens is 1. The van der Waals surface area contributed by atoms with Crippen LogP contribution in [0.4, 0.5) is 5.82 Å². The summed E-state index contributed by atoms with van der Waals surface area (Å²) < 4.78 is 19.2. The third-order valence-corrected chi connectivity index (χ3v) is 3.91. The maximum Gasteiger partial charge on any atom is 0.187 e. The Morgan fingerprint density at radius 1 is 1.00 bits per heavy atom. The lowest BCUT2D eigenvalue weighted by molar-refractivity contribution is 0.376. The fourth-order valence-corrected chi connectivity index (χ4v) is 2.83. The summed E-state index contributed by atoms with van der Waals surface area (Å²) in [6, 6.07) is 13.3. The molecule has 0 aliphatic carbocycles. The van der Waals surface area contributed by atoms with E-state index >= 15 is 0 Å². The monoisotopic (exact) mass is 302 g/mol. The highest BCUT2D eigenvalue weighted by Gasteiger charge is 2.13. The van der Waals surface area contributed by atoms with Crippen molar-refractivity contribution in [1.29, 1.82) is 0 Å². The molecule has 0 spiro atoms. The molecular formula is C15H14N2O3S. The first-order valence-electron chi connectivity index (χ1n) is 6.31. The SMILES string of the molecule is COc1cccc(OC)c1SNc1noc2ccccc12. The normalized spacial score (nSPS) is 10.6. The number of para-hydroxylation sites is 1. The van der Waals surface area contributed by atoms with Crippen LogP contribution in [0.2, 0.25) is 0 Å². The van der Waals surface area contributed by atoms with E-state index in [1.54, 1.807) is 14.2 Å². The van der Waals surface area contributed by atoms with Gasteiger partial charge >= 0.3 is 0 Å². The summed E-state index contributed by atoms with van der Waals surface area (Å²) in [4.78, 5) is 0.856. The Labute approximate surface area is 126 Å². The molecule has 0 atom stereocenters. The topological polar surface area (TPSA) is 56.5 Å². The average Bonchev–Trinajstić information content (AvgIpc) is 2.95. The Hall–Kier alpha value is -2.34. The summed E-state index contributed by atoms with van der Waals surface area (Å²) in [6.07, 6.45) is 0. The van der Waals surface area contributed by atoms with Crippen LogP contribution in [0, 0.1) is 0 Å². The first-order valence-corrected chi connectivity index (χ1v) is 7.13. The summed E-state index contributed by atoms with van der Waals surface area (Å²) in [6.45, 7) is 0. The van der Waals surface area contributed by atoms with Gasteiger partial charge in [-0.15, -0.1) is 0 Å². The van der Waals surface area contributed by atoms with E-state index in [0.29, 0.717) is 5.82 Å². The third-order valence-electron chi connectivity index (χ3n) is 3.01. The number of nitrogens with zero attached hydrogens (tertiary/aromatic N) is 1. The van der Waals surface area contributed by atoms with E-state index in [4.69, 9.17) is 14.0 Å². The molecule has 6 heteroatoms. The lowest BCUT2D eigenvalue weighted by Gasteiger charge is -2.12. The molecule has 3 aromatic rings. The number of hydrogen-bond acceptors (Lipinski definition) is 6. The van der Waals surface area contributed by atoms with Crippen molar-refractivity contribution < 1.29 is 14.0 Å². The van der Waals surface area contributed by atoms with Crippen LogP contribution in [-0.2, 0) is 0 Å². The fraction of sp³-hybridized carbons (Fsp3) is 0.133. The quantitative estimate of drug-likeness (QED) is 0.720. The molecule has 1 heterocycles. The van der Waals surface area contributed by atoms with Crippen LogP contribution >= 0.6 is 11.9 Å². The Balaban J connectivity index is 1.88. The van der Waals surface area contributed by atoms with Crippen molar-refractivity contribution in [2.75, 3.05) is 18.9 Å². The lowest BCUT2D eigenvalue weighted by atomic mass is 10.2. The predicted molar refractivity (Wildman–Crippen MR) is 83.0 cm³/mol. The molecule has 108 valence electrons. The van der Waals surface area contributed by atoms with Gasteiger partial charge < -0.3 is 18.7 Å². The second kappa shape index (κ2) is 5.97. The van der Waals surface area contributed by atoms with Crippen molar-refractivity contribution in [3.05, 3.63) is 42.5 Å². The van der Waals surface area contributed by atoms with Gasteiger partial charge in [0, 0.05) is 0 Å². The molecule has 2 aromatic carbocycles. The van der Waals surface area contributed by atoms with Crippen LogP contribution in [-0.4, -0.2) is 19.4 Å². The molecule has 0 radical (unpaired) electrons. The number of fused-ring (bicyclic) bond motifs is 1. The van der Waals surface area contributed by atoms with E-state index in [1.807, 2.05) is 42.5 Å². The summed E-state index contributed by atoms with van der Waals surface area (Å²) in [5, 5.41) is 4.96. The van der Waals surface area contributed by atoms with Crippen LogP contribution in [0.5, 0.6) is 11.5 Å². The highest BCUT2D eigenvalue weighted by Crippen LogP contribution is 2.38. The number of ether oxygens (including phenoxy) is 2. The largest absolute Gasteiger partial charge is 0.495 e. The maximum atomic E-state index is 5.36. The van der Waals surface area contributed by atoms with Crippen molar-refractivity contribution in [3.63, 3.8) is 0 Å². The Kier molecular flexibility index (Phi) is 3.87. The van der Waals surface area contributed by atoms with Gasteiger partial charge in [-0.3, -0.25) is 0 Å². The molecule has 0 unspecified atom stereocenters. The Morgan fingerprint density at radius 3 is 2.43 bits per heavy atom. The van der Waals surface area contributed by atoms with Gasteiger partial charge in [-0.05, 0) is 36.2 Å². The Bertz CT molecular complexity index is 735. The van der Waals surface area contributed by atoms with E-state index in [2.05, 4.69) is 9.88 Å². The minimum Gasteiger partial charge on any atom is -0.495 e. The predicted octanol–water partition coefficient (Wildman–Crippen LogP) is 3.96. The summed E-state index contributed by atoms with van der Waals surface area (Å²) in [7, 11) is 3.26. The van der Waals surface area contributed by atoms with Crippen LogP contribution in [0.1, 0.15) is 0 Å². The lowest BCUT2D eigenvalue weighted by Crippen LogP contribution is -1.94. The van der Waals surface area contributed by atoms with Crippen LogP contribution in [0.15, 0.2) is 51.9 Å². The summed E-state index contributed by atoms with van der Waals surface area (Å²) in [5.41, 5.74) is 0.743. The minimum absolute atomic E-state index is 0.670. The number of nitrogens with one attached hydrogen (secondary N) is 1. The van der Waals surface area contributed by atoms with Gasteiger partial charge in [-0.2, -0.15) is 0 Å². The minimum atomic E-state index is 0.670. The van der Waals surface area contributed by atoms with Crippen molar-refractivity contribution in [3.8, 4) is 11.5 Å². The zero-order chi connectivity index (χ0) is 14.7. The maximum absolute atomic E-state index is 5.36. The van der Waals surface area contributed by atoms with Crippen LogP contribution in [0.25, 0.3) is 11.0 Å². The smallest absolute Gasteiger partial charge is 0.187 e. The molecule has 0 bridgehead atoms. The van der Waals surface area contributed by atoms with Gasteiger partial charge in [-0.25, -0.2) is 0 Å². The first-order chi connectivity index (χ1) is 10.3. The zero-order valence-corrected chi connectivity index (χ0v) is 12.4. The fourth-order valence-electron chi connectivity index (χ4n) is 1.98. The van der Waals surface area contributed by atoms with Gasteiger partial charge in [0.05, 0.1) is 19.6 Å². The number of benzene rings is 2. The average molecular weight is 302 g/mol. The number of rotatable bonds is 5. The highest BCUT2D eigenvalue weighted by molar-refractivity contribution is 8.00. The van der Waals surface area contributed by atoms with Crippen LogP contribution < -0.4 is 14.2 Å². The van der Waals surface area contributed by atoms with Crippen molar-refractivity contribution in [2.24, 2.45) is 0 Å². The first kappa shape index (κ1) is 13.6. The summed E-state index contributed by atoms with van der Waals surface area (Å²) >= 11 is 1.37.